The molecular formula is C13H21N3OS. The first-order chi connectivity index (χ1) is 8.74. The van der Waals surface area contributed by atoms with E-state index in [9.17, 15) is 4.79 Å². The van der Waals surface area contributed by atoms with Gasteiger partial charge in [-0.15, -0.1) is 11.3 Å². The summed E-state index contributed by atoms with van der Waals surface area (Å²) >= 11 is 1.47. The van der Waals surface area contributed by atoms with Gasteiger partial charge in [-0.1, -0.05) is 13.3 Å². The fourth-order valence-corrected chi connectivity index (χ4v) is 3.21. The lowest BCUT2D eigenvalue weighted by Crippen LogP contribution is -2.40. The number of piperidine rings is 1. The molecule has 2 rings (SSSR count). The number of hydrogen-bond donors (Lipinski definition) is 1. The lowest BCUT2D eigenvalue weighted by atomic mass is 9.93. The number of aromatic nitrogens is 1. The van der Waals surface area contributed by atoms with Gasteiger partial charge in [0.25, 0.3) is 5.91 Å². The molecule has 1 aliphatic heterocycles. The third-order valence-electron chi connectivity index (χ3n) is 3.45. The number of thiazole rings is 1. The molecule has 1 unspecified atom stereocenters. The average Bonchev–Trinajstić information content (AvgIpc) is 2.87. The van der Waals surface area contributed by atoms with Crippen molar-refractivity contribution in [3.63, 3.8) is 0 Å². The fraction of sp³-hybridized carbons (Fsp3) is 0.692. The molecular weight excluding hydrogens is 246 g/mol. The Labute approximate surface area is 112 Å². The largest absolute Gasteiger partial charge is 0.337 e. The Morgan fingerprint density at radius 2 is 2.50 bits per heavy atom. The summed E-state index contributed by atoms with van der Waals surface area (Å²) < 4.78 is 0. The highest BCUT2D eigenvalue weighted by atomic mass is 32.1. The molecule has 5 heteroatoms. The number of nitrogens with zero attached hydrogens (tertiary/aromatic N) is 2. The maximum atomic E-state index is 12.3. The van der Waals surface area contributed by atoms with Crippen molar-refractivity contribution in [3.05, 3.63) is 16.1 Å². The molecule has 4 nitrogen and oxygen atoms in total. The van der Waals surface area contributed by atoms with Crippen LogP contribution in [0.3, 0.4) is 0 Å². The second-order valence-corrected chi connectivity index (χ2v) is 5.82. The van der Waals surface area contributed by atoms with E-state index in [2.05, 4.69) is 11.9 Å². The van der Waals surface area contributed by atoms with Gasteiger partial charge in [-0.2, -0.15) is 0 Å². The Hall–Kier alpha value is -0.940. The maximum absolute atomic E-state index is 12.3. The molecule has 2 N–H and O–H groups in total. The van der Waals surface area contributed by atoms with E-state index in [0.717, 1.165) is 24.5 Å². The maximum Gasteiger partial charge on any atom is 0.273 e. The molecule has 1 amide bonds. The van der Waals surface area contributed by atoms with Crippen LogP contribution in [0.2, 0.25) is 0 Å². The monoisotopic (exact) mass is 267 g/mol. The molecule has 1 saturated heterocycles. The van der Waals surface area contributed by atoms with Crippen LogP contribution in [-0.4, -0.2) is 28.9 Å². The molecule has 0 radical (unpaired) electrons. The molecule has 1 aliphatic rings. The zero-order chi connectivity index (χ0) is 13.0. The number of rotatable bonds is 4. The summed E-state index contributed by atoms with van der Waals surface area (Å²) in [6, 6.07) is 0. The lowest BCUT2D eigenvalue weighted by molar-refractivity contribution is 0.0662. The Morgan fingerprint density at radius 3 is 3.17 bits per heavy atom. The smallest absolute Gasteiger partial charge is 0.273 e. The molecule has 100 valence electrons. The second kappa shape index (κ2) is 6.29. The van der Waals surface area contributed by atoms with Gasteiger partial charge in [0.2, 0.25) is 0 Å². The molecule has 18 heavy (non-hydrogen) atoms. The molecule has 1 atom stereocenters. The van der Waals surface area contributed by atoms with Crippen LogP contribution in [0, 0.1) is 5.92 Å². The van der Waals surface area contributed by atoms with Crippen molar-refractivity contribution in [2.75, 3.05) is 13.1 Å². The Morgan fingerprint density at radius 1 is 1.67 bits per heavy atom. The van der Waals surface area contributed by atoms with Gasteiger partial charge in [-0.25, -0.2) is 4.98 Å². The first-order valence-electron chi connectivity index (χ1n) is 6.68. The quantitative estimate of drug-likeness (QED) is 0.910. The van der Waals surface area contributed by atoms with Crippen molar-refractivity contribution < 1.29 is 4.79 Å². The number of amides is 1. The topological polar surface area (TPSA) is 59.2 Å². The predicted octanol–water partition coefficient (Wildman–Crippen LogP) is 2.25. The fourth-order valence-electron chi connectivity index (χ4n) is 2.56. The SMILES string of the molecule is CCCC1CCCN(C(=O)c2csc(CN)n2)C1. The van der Waals surface area contributed by atoms with E-state index in [4.69, 9.17) is 5.73 Å². The molecule has 0 spiro atoms. The third kappa shape index (κ3) is 3.09. The van der Waals surface area contributed by atoms with Crippen LogP contribution >= 0.6 is 11.3 Å². The minimum absolute atomic E-state index is 0.0757. The van der Waals surface area contributed by atoms with E-state index >= 15 is 0 Å². The standard InChI is InChI=1S/C13H21N3OS/c1-2-4-10-5-3-6-16(8-10)13(17)11-9-18-12(7-14)15-11/h9-10H,2-8,14H2,1H3. The summed E-state index contributed by atoms with van der Waals surface area (Å²) in [5.74, 6) is 0.743. The summed E-state index contributed by atoms with van der Waals surface area (Å²) in [5, 5.41) is 2.66. The molecule has 0 saturated carbocycles. The minimum atomic E-state index is 0.0757. The van der Waals surface area contributed by atoms with E-state index < -0.39 is 0 Å². The van der Waals surface area contributed by atoms with Crippen molar-refractivity contribution in [1.29, 1.82) is 0 Å². The first kappa shape index (κ1) is 13.5. The number of carbonyl (C=O) groups excluding carboxylic acids is 1. The minimum Gasteiger partial charge on any atom is -0.337 e. The van der Waals surface area contributed by atoms with Gasteiger partial charge in [0.05, 0.1) is 0 Å². The highest BCUT2D eigenvalue weighted by Crippen LogP contribution is 2.22. The van der Waals surface area contributed by atoms with E-state index in [-0.39, 0.29) is 5.91 Å². The van der Waals surface area contributed by atoms with Gasteiger partial charge < -0.3 is 10.6 Å². The van der Waals surface area contributed by atoms with Crippen molar-refractivity contribution in [1.82, 2.24) is 9.88 Å². The van der Waals surface area contributed by atoms with Gasteiger partial charge in [-0.3, -0.25) is 4.79 Å². The van der Waals surface area contributed by atoms with Crippen LogP contribution in [0.4, 0.5) is 0 Å². The number of hydrogen-bond acceptors (Lipinski definition) is 4. The number of carbonyl (C=O) groups is 1. The van der Waals surface area contributed by atoms with E-state index in [1.807, 2.05) is 10.3 Å². The zero-order valence-electron chi connectivity index (χ0n) is 10.9. The summed E-state index contributed by atoms with van der Waals surface area (Å²) in [6.45, 7) is 4.38. The molecule has 1 aromatic heterocycles. The second-order valence-electron chi connectivity index (χ2n) is 4.88. The van der Waals surface area contributed by atoms with Crippen LogP contribution in [-0.2, 0) is 6.54 Å². The summed E-state index contributed by atoms with van der Waals surface area (Å²) in [5.41, 5.74) is 6.09. The normalized spacial score (nSPS) is 20.1. The van der Waals surface area contributed by atoms with Crippen molar-refractivity contribution in [2.24, 2.45) is 11.7 Å². The van der Waals surface area contributed by atoms with Gasteiger partial charge in [0, 0.05) is 25.0 Å². The van der Waals surface area contributed by atoms with Gasteiger partial charge >= 0.3 is 0 Å². The third-order valence-corrected chi connectivity index (χ3v) is 4.32. The summed E-state index contributed by atoms with van der Waals surface area (Å²) in [4.78, 5) is 18.5. The van der Waals surface area contributed by atoms with Crippen LogP contribution in [0.25, 0.3) is 0 Å². The lowest BCUT2D eigenvalue weighted by Gasteiger charge is -2.32. The Balaban J connectivity index is 1.99. The molecule has 1 fully saturated rings. The summed E-state index contributed by atoms with van der Waals surface area (Å²) in [6.07, 6.45) is 4.78. The number of nitrogens with two attached hydrogens (primary N) is 1. The van der Waals surface area contributed by atoms with Gasteiger partial charge in [0.15, 0.2) is 0 Å². The molecule has 0 bridgehead atoms. The average molecular weight is 267 g/mol. The van der Waals surface area contributed by atoms with E-state index in [0.29, 0.717) is 18.2 Å². The van der Waals surface area contributed by atoms with Crippen LogP contribution < -0.4 is 5.73 Å². The molecule has 0 aliphatic carbocycles. The van der Waals surface area contributed by atoms with E-state index in [1.54, 1.807) is 0 Å². The Kier molecular flexibility index (Phi) is 4.72. The van der Waals surface area contributed by atoms with Crippen molar-refractivity contribution in [2.45, 2.75) is 39.2 Å². The van der Waals surface area contributed by atoms with Crippen LogP contribution in [0.5, 0.6) is 0 Å². The molecule has 2 heterocycles. The van der Waals surface area contributed by atoms with Crippen molar-refractivity contribution >= 4 is 17.2 Å². The van der Waals surface area contributed by atoms with Gasteiger partial charge in [0.1, 0.15) is 10.7 Å². The first-order valence-corrected chi connectivity index (χ1v) is 7.56. The van der Waals surface area contributed by atoms with Gasteiger partial charge in [-0.05, 0) is 25.2 Å². The summed E-state index contributed by atoms with van der Waals surface area (Å²) in [7, 11) is 0. The zero-order valence-corrected chi connectivity index (χ0v) is 11.7. The predicted molar refractivity (Wildman–Crippen MR) is 73.5 cm³/mol. The molecule has 1 aromatic rings. The van der Waals surface area contributed by atoms with Crippen LogP contribution in [0.1, 0.15) is 48.1 Å². The highest BCUT2D eigenvalue weighted by Gasteiger charge is 2.25. The van der Waals surface area contributed by atoms with E-state index in [1.165, 1.54) is 30.6 Å². The van der Waals surface area contributed by atoms with Crippen molar-refractivity contribution in [3.8, 4) is 0 Å². The highest BCUT2D eigenvalue weighted by molar-refractivity contribution is 7.09. The number of likely N-dealkylation sites (tertiary alicyclic amines) is 1. The van der Waals surface area contributed by atoms with Crippen LogP contribution in [0.15, 0.2) is 5.38 Å². The Bertz CT molecular complexity index is 403. The molecule has 0 aromatic carbocycles.